The van der Waals surface area contributed by atoms with Crippen LogP contribution in [0, 0.1) is 0 Å². The summed E-state index contributed by atoms with van der Waals surface area (Å²) < 4.78 is 41.1. The van der Waals surface area contributed by atoms with Crippen LogP contribution in [0.1, 0.15) is 22.6 Å². The molecule has 1 N–H and O–H groups in total. The van der Waals surface area contributed by atoms with Gasteiger partial charge in [-0.2, -0.15) is 8.42 Å². The van der Waals surface area contributed by atoms with E-state index in [9.17, 15) is 18.0 Å². The molecular weight excluding hydrogens is 518 g/mol. The Kier molecular flexibility index (Phi) is 9.31. The van der Waals surface area contributed by atoms with E-state index in [1.165, 1.54) is 24.3 Å². The summed E-state index contributed by atoms with van der Waals surface area (Å²) in [5.41, 5.74) is 2.14. The molecule has 1 unspecified atom stereocenters. The van der Waals surface area contributed by atoms with Crippen LogP contribution in [0.2, 0.25) is 0 Å². The number of carbonyl (C=O) groups excluding carboxylic acids is 2. The second kappa shape index (κ2) is 13.3. The number of hydrogen-bond donors (Lipinski definition) is 1. The lowest BCUT2D eigenvalue weighted by molar-refractivity contribution is -0.146. The number of carbonyl (C=O) groups is 2. The molecule has 4 aromatic rings. The van der Waals surface area contributed by atoms with Crippen LogP contribution in [0.25, 0.3) is 0 Å². The fourth-order valence-electron chi connectivity index (χ4n) is 3.64. The Morgan fingerprint density at radius 3 is 1.74 bits per heavy atom. The molecule has 9 heteroatoms. The molecule has 0 heterocycles. The summed E-state index contributed by atoms with van der Waals surface area (Å²) in [6, 6.07) is 32.2. The Morgan fingerprint density at radius 1 is 0.667 bits per heavy atom. The molecular formula is C30H27NO7S. The van der Waals surface area contributed by atoms with Crippen molar-refractivity contribution in [2.45, 2.75) is 24.0 Å². The summed E-state index contributed by atoms with van der Waals surface area (Å²) in [5.74, 6) is -1.36. The Hall–Kier alpha value is -4.63. The number of alkyl carbamates (subject to hydrolysis) is 1. The van der Waals surface area contributed by atoms with Gasteiger partial charge in [0.15, 0.2) is 0 Å². The normalized spacial score (nSPS) is 11.7. The van der Waals surface area contributed by atoms with Gasteiger partial charge in [-0.05, 0) is 41.0 Å². The van der Waals surface area contributed by atoms with E-state index in [0.717, 1.165) is 11.1 Å². The van der Waals surface area contributed by atoms with Crippen LogP contribution in [0.4, 0.5) is 4.79 Å². The molecule has 0 aliphatic rings. The Bertz CT molecular complexity index is 1460. The molecule has 0 aliphatic carbocycles. The highest BCUT2D eigenvalue weighted by molar-refractivity contribution is 7.87. The van der Waals surface area contributed by atoms with Crippen LogP contribution in [0.3, 0.4) is 0 Å². The maximum atomic E-state index is 13.1. The van der Waals surface area contributed by atoms with Crippen molar-refractivity contribution in [2.75, 3.05) is 6.54 Å². The average molecular weight is 546 g/mol. The van der Waals surface area contributed by atoms with Crippen LogP contribution < -0.4 is 9.50 Å². The molecule has 200 valence electrons. The molecule has 4 aromatic carbocycles. The third-order valence-electron chi connectivity index (χ3n) is 5.69. The fourth-order valence-corrected chi connectivity index (χ4v) is 4.59. The van der Waals surface area contributed by atoms with Gasteiger partial charge in [0, 0.05) is 6.54 Å². The maximum absolute atomic E-state index is 13.1. The first kappa shape index (κ1) is 27.4. The Balaban J connectivity index is 1.44. The largest absolute Gasteiger partial charge is 0.460 e. The summed E-state index contributed by atoms with van der Waals surface area (Å²) in [4.78, 5) is 25.4. The van der Waals surface area contributed by atoms with Crippen molar-refractivity contribution >= 4 is 22.2 Å². The minimum Gasteiger partial charge on any atom is -0.460 e. The number of hydrogen-bond acceptors (Lipinski definition) is 7. The van der Waals surface area contributed by atoms with Gasteiger partial charge in [-0.25, -0.2) is 4.79 Å². The van der Waals surface area contributed by atoms with E-state index in [-0.39, 0.29) is 30.4 Å². The molecule has 8 nitrogen and oxygen atoms in total. The van der Waals surface area contributed by atoms with Crippen LogP contribution in [-0.4, -0.2) is 27.0 Å². The molecule has 4 rings (SSSR count). The van der Waals surface area contributed by atoms with Crippen LogP contribution >= 0.6 is 0 Å². The molecule has 0 aromatic heterocycles. The zero-order chi connectivity index (χ0) is 27.5. The molecule has 0 saturated heterocycles. The van der Waals surface area contributed by atoms with Gasteiger partial charge in [-0.15, -0.1) is 0 Å². The monoisotopic (exact) mass is 545 g/mol. The summed E-state index contributed by atoms with van der Waals surface area (Å²) in [6.07, 6.45) is -0.686. The van der Waals surface area contributed by atoms with Crippen LogP contribution in [0.15, 0.2) is 120 Å². The molecule has 0 spiro atoms. The lowest BCUT2D eigenvalue weighted by atomic mass is 9.99. The van der Waals surface area contributed by atoms with Crippen molar-refractivity contribution in [3.05, 3.63) is 132 Å². The topological polar surface area (TPSA) is 108 Å². The van der Waals surface area contributed by atoms with E-state index in [0.29, 0.717) is 5.56 Å². The smallest absolute Gasteiger partial charge is 0.407 e. The number of benzene rings is 4. The van der Waals surface area contributed by atoms with E-state index in [2.05, 4.69) is 5.32 Å². The highest BCUT2D eigenvalue weighted by Crippen LogP contribution is 2.24. The number of nitrogens with one attached hydrogen (secondary N) is 1. The molecule has 1 amide bonds. The number of esters is 1. The van der Waals surface area contributed by atoms with Crippen molar-refractivity contribution < 1.29 is 31.7 Å². The lowest BCUT2D eigenvalue weighted by Crippen LogP contribution is -2.33. The van der Waals surface area contributed by atoms with Crippen molar-refractivity contribution in [1.29, 1.82) is 0 Å². The minimum absolute atomic E-state index is 0.0228. The van der Waals surface area contributed by atoms with Crippen molar-refractivity contribution in [2.24, 2.45) is 0 Å². The summed E-state index contributed by atoms with van der Waals surface area (Å²) >= 11 is 0. The second-order valence-electron chi connectivity index (χ2n) is 8.51. The van der Waals surface area contributed by atoms with Gasteiger partial charge in [-0.3, -0.25) is 4.79 Å². The maximum Gasteiger partial charge on any atom is 0.407 e. The van der Waals surface area contributed by atoms with E-state index in [1.54, 1.807) is 30.3 Å². The third kappa shape index (κ3) is 8.18. The molecule has 0 bridgehead atoms. The molecule has 0 aliphatic heterocycles. The lowest BCUT2D eigenvalue weighted by Gasteiger charge is -2.18. The van der Waals surface area contributed by atoms with Gasteiger partial charge >= 0.3 is 22.2 Å². The van der Waals surface area contributed by atoms with Crippen molar-refractivity contribution in [3.63, 3.8) is 0 Å². The first-order chi connectivity index (χ1) is 18.9. The van der Waals surface area contributed by atoms with Gasteiger partial charge in [0.25, 0.3) is 0 Å². The van der Waals surface area contributed by atoms with E-state index in [4.69, 9.17) is 13.7 Å². The van der Waals surface area contributed by atoms with Crippen LogP contribution in [-0.2, 0) is 37.6 Å². The van der Waals surface area contributed by atoms with Gasteiger partial charge < -0.3 is 19.0 Å². The first-order valence-corrected chi connectivity index (χ1v) is 13.6. The van der Waals surface area contributed by atoms with E-state index < -0.39 is 28.1 Å². The highest BCUT2D eigenvalue weighted by atomic mass is 32.2. The molecule has 0 radical (unpaired) electrons. The zero-order valence-electron chi connectivity index (χ0n) is 20.9. The highest BCUT2D eigenvalue weighted by Gasteiger charge is 2.24. The van der Waals surface area contributed by atoms with E-state index >= 15 is 0 Å². The molecule has 1 atom stereocenters. The predicted molar refractivity (Wildman–Crippen MR) is 144 cm³/mol. The van der Waals surface area contributed by atoms with Gasteiger partial charge in [0.1, 0.15) is 23.9 Å². The average Bonchev–Trinajstić information content (AvgIpc) is 2.97. The standard InChI is InChI=1S/C30H27NO7S/c32-29(36-21-23-10-4-1-5-11-23)28(20-31-30(33)37-22-24-12-6-2-7-13-24)25-16-18-26(19-17-25)38-39(34,35)27-14-8-3-9-15-27/h1-19,28H,20-22H2,(H,31,33). The number of rotatable bonds is 11. The SMILES string of the molecule is O=C(NCC(C(=O)OCc1ccccc1)c1ccc(OS(=O)(=O)c2ccccc2)cc1)OCc1ccccc1. The number of ether oxygens (including phenoxy) is 2. The Labute approximate surface area is 227 Å². The summed E-state index contributed by atoms with van der Waals surface area (Å²) in [5, 5.41) is 2.62. The zero-order valence-corrected chi connectivity index (χ0v) is 21.8. The molecule has 0 saturated carbocycles. The van der Waals surface area contributed by atoms with Gasteiger partial charge in [0.05, 0.1) is 5.92 Å². The molecule has 0 fully saturated rings. The minimum atomic E-state index is -4.02. The third-order valence-corrected chi connectivity index (χ3v) is 6.95. The van der Waals surface area contributed by atoms with Crippen molar-refractivity contribution in [1.82, 2.24) is 5.32 Å². The first-order valence-electron chi connectivity index (χ1n) is 12.2. The molecule has 39 heavy (non-hydrogen) atoms. The van der Waals surface area contributed by atoms with Crippen LogP contribution in [0.5, 0.6) is 5.75 Å². The summed E-state index contributed by atoms with van der Waals surface area (Å²) in [7, 11) is -4.02. The second-order valence-corrected chi connectivity index (χ2v) is 10.1. The quantitative estimate of drug-likeness (QED) is 0.204. The van der Waals surface area contributed by atoms with Gasteiger partial charge in [-0.1, -0.05) is 91.0 Å². The predicted octanol–water partition coefficient (Wildman–Crippen LogP) is 5.21. The van der Waals surface area contributed by atoms with Gasteiger partial charge in [0.2, 0.25) is 0 Å². The summed E-state index contributed by atoms with van der Waals surface area (Å²) in [6.45, 7) is 0.0482. The van der Waals surface area contributed by atoms with E-state index in [1.807, 2.05) is 60.7 Å². The number of amides is 1. The Morgan fingerprint density at radius 2 is 1.18 bits per heavy atom. The fraction of sp³-hybridized carbons (Fsp3) is 0.133. The van der Waals surface area contributed by atoms with Crippen molar-refractivity contribution in [3.8, 4) is 5.75 Å².